The van der Waals surface area contributed by atoms with Crippen LogP contribution in [0.15, 0.2) is 0 Å². The van der Waals surface area contributed by atoms with E-state index in [1.54, 1.807) is 0 Å². The van der Waals surface area contributed by atoms with Gasteiger partial charge in [-0.25, -0.2) is 0 Å². The highest BCUT2D eigenvalue weighted by Crippen LogP contribution is 2.16. The third-order valence-corrected chi connectivity index (χ3v) is 8.17. The fraction of sp³-hybridized carbons (Fsp3) is 0.972. The maximum atomic E-state index is 11.9. The maximum absolute atomic E-state index is 11.9. The largest absolute Gasteiger partial charge is 0.466 e. The lowest BCUT2D eigenvalue weighted by atomic mass is 10.0. The molecule has 2 nitrogen and oxygen atoms in total. The number of hydrogen-bond acceptors (Lipinski definition) is 2. The van der Waals surface area contributed by atoms with Crippen LogP contribution in [0.25, 0.3) is 0 Å². The Hall–Kier alpha value is -0.530. The molecular weight excluding hydrogens is 464 g/mol. The molecule has 228 valence electrons. The second-order valence-electron chi connectivity index (χ2n) is 12.7. The summed E-state index contributed by atoms with van der Waals surface area (Å²) in [4.78, 5) is 11.9. The summed E-state index contributed by atoms with van der Waals surface area (Å²) in [5.74, 6) is 0.875. The van der Waals surface area contributed by atoms with E-state index in [9.17, 15) is 4.79 Å². The molecule has 38 heavy (non-hydrogen) atoms. The molecular formula is C36H72O2. The van der Waals surface area contributed by atoms with E-state index in [1.165, 1.54) is 173 Å². The van der Waals surface area contributed by atoms with Crippen molar-refractivity contribution in [2.75, 3.05) is 6.61 Å². The lowest BCUT2D eigenvalue weighted by Gasteiger charge is -2.06. The Morgan fingerprint density at radius 3 is 1.13 bits per heavy atom. The van der Waals surface area contributed by atoms with Crippen LogP contribution in [0.1, 0.15) is 213 Å². The smallest absolute Gasteiger partial charge is 0.305 e. The van der Waals surface area contributed by atoms with Crippen molar-refractivity contribution in [1.29, 1.82) is 0 Å². The number of hydrogen-bond donors (Lipinski definition) is 0. The second kappa shape index (κ2) is 32.7. The van der Waals surface area contributed by atoms with Crippen LogP contribution < -0.4 is 0 Å². The number of rotatable bonds is 32. The van der Waals surface area contributed by atoms with E-state index in [0.29, 0.717) is 13.0 Å². The average molecular weight is 537 g/mol. The normalized spacial score (nSPS) is 11.5. The zero-order valence-electron chi connectivity index (χ0n) is 26.8. The van der Waals surface area contributed by atoms with Crippen LogP contribution in [0, 0.1) is 5.92 Å². The highest BCUT2D eigenvalue weighted by atomic mass is 16.5. The molecule has 0 aliphatic rings. The lowest BCUT2D eigenvalue weighted by molar-refractivity contribution is -0.143. The summed E-state index contributed by atoms with van der Waals surface area (Å²) in [6.07, 6.45) is 40.3. The molecule has 0 saturated carbocycles. The molecule has 0 unspecified atom stereocenters. The summed E-state index contributed by atoms with van der Waals surface area (Å²) in [6.45, 7) is 7.56. The van der Waals surface area contributed by atoms with Crippen molar-refractivity contribution < 1.29 is 9.53 Å². The van der Waals surface area contributed by atoms with E-state index in [0.717, 1.165) is 18.8 Å². The molecule has 0 atom stereocenters. The monoisotopic (exact) mass is 537 g/mol. The summed E-state index contributed by atoms with van der Waals surface area (Å²) < 4.78 is 5.43. The van der Waals surface area contributed by atoms with Crippen molar-refractivity contribution in [3.8, 4) is 0 Å². The quantitative estimate of drug-likeness (QED) is 0.0631. The zero-order valence-corrected chi connectivity index (χ0v) is 26.8. The summed E-state index contributed by atoms with van der Waals surface area (Å²) in [5.41, 5.74) is 0. The van der Waals surface area contributed by atoms with Gasteiger partial charge in [-0.1, -0.05) is 194 Å². The molecule has 0 N–H and O–H groups in total. The first kappa shape index (κ1) is 37.5. The van der Waals surface area contributed by atoms with Gasteiger partial charge in [0.15, 0.2) is 0 Å². The lowest BCUT2D eigenvalue weighted by Crippen LogP contribution is -2.05. The van der Waals surface area contributed by atoms with Crippen LogP contribution in [0.2, 0.25) is 0 Å². The Bertz CT molecular complexity index is 445. The standard InChI is InChI=1S/C36H72O2/c1-4-5-6-7-8-9-10-11-12-13-14-15-16-17-18-19-22-25-28-31-34-38-36(37)33-30-27-24-21-20-23-26-29-32-35(2)3/h35H,4-34H2,1-3H3. The second-order valence-corrected chi connectivity index (χ2v) is 12.7. The van der Waals surface area contributed by atoms with E-state index < -0.39 is 0 Å². The third kappa shape index (κ3) is 33.5. The van der Waals surface area contributed by atoms with E-state index in [1.807, 2.05) is 0 Å². The Labute approximate surface area is 241 Å². The Balaban J connectivity index is 3.13. The van der Waals surface area contributed by atoms with Gasteiger partial charge in [-0.15, -0.1) is 0 Å². The Kier molecular flexibility index (Phi) is 32.2. The first-order chi connectivity index (χ1) is 18.7. The summed E-state index contributed by atoms with van der Waals surface area (Å²) >= 11 is 0. The van der Waals surface area contributed by atoms with E-state index in [2.05, 4.69) is 20.8 Å². The van der Waals surface area contributed by atoms with Gasteiger partial charge in [-0.2, -0.15) is 0 Å². The molecule has 0 aromatic heterocycles. The molecule has 0 heterocycles. The maximum Gasteiger partial charge on any atom is 0.305 e. The van der Waals surface area contributed by atoms with Gasteiger partial charge in [0.2, 0.25) is 0 Å². The first-order valence-corrected chi connectivity index (χ1v) is 17.8. The number of carbonyl (C=O) groups excluding carboxylic acids is 1. The molecule has 0 aliphatic heterocycles. The predicted octanol–water partition coefficient (Wildman–Crippen LogP) is 12.9. The van der Waals surface area contributed by atoms with Crippen molar-refractivity contribution in [3.63, 3.8) is 0 Å². The molecule has 0 amide bonds. The van der Waals surface area contributed by atoms with Gasteiger partial charge in [0.05, 0.1) is 6.61 Å². The molecule has 0 saturated heterocycles. The molecule has 0 aromatic rings. The molecule has 0 rings (SSSR count). The van der Waals surface area contributed by atoms with Gasteiger partial charge in [0.1, 0.15) is 0 Å². The highest BCUT2D eigenvalue weighted by Gasteiger charge is 2.03. The topological polar surface area (TPSA) is 26.3 Å². The van der Waals surface area contributed by atoms with Gasteiger partial charge in [-0.3, -0.25) is 4.79 Å². The number of esters is 1. The Morgan fingerprint density at radius 2 is 0.763 bits per heavy atom. The number of ether oxygens (including phenoxy) is 1. The van der Waals surface area contributed by atoms with Crippen molar-refractivity contribution in [3.05, 3.63) is 0 Å². The van der Waals surface area contributed by atoms with Crippen LogP contribution in [0.3, 0.4) is 0 Å². The Morgan fingerprint density at radius 1 is 0.447 bits per heavy atom. The summed E-state index contributed by atoms with van der Waals surface area (Å²) in [7, 11) is 0. The van der Waals surface area contributed by atoms with Gasteiger partial charge >= 0.3 is 5.97 Å². The van der Waals surface area contributed by atoms with Crippen LogP contribution in [-0.4, -0.2) is 12.6 Å². The first-order valence-electron chi connectivity index (χ1n) is 17.8. The number of carbonyl (C=O) groups is 1. The van der Waals surface area contributed by atoms with Crippen LogP contribution in [0.4, 0.5) is 0 Å². The van der Waals surface area contributed by atoms with Crippen molar-refractivity contribution in [1.82, 2.24) is 0 Å². The van der Waals surface area contributed by atoms with E-state index >= 15 is 0 Å². The van der Waals surface area contributed by atoms with Crippen molar-refractivity contribution in [2.45, 2.75) is 213 Å². The third-order valence-electron chi connectivity index (χ3n) is 8.17. The SMILES string of the molecule is CCCCCCCCCCCCCCCCCCCCCCOC(=O)CCCCCCCCCCC(C)C. The summed E-state index contributed by atoms with van der Waals surface area (Å²) in [5, 5.41) is 0. The fourth-order valence-electron chi connectivity index (χ4n) is 5.50. The molecule has 0 radical (unpaired) electrons. The molecule has 0 bridgehead atoms. The highest BCUT2D eigenvalue weighted by molar-refractivity contribution is 5.69. The van der Waals surface area contributed by atoms with Crippen LogP contribution in [0.5, 0.6) is 0 Å². The molecule has 0 fully saturated rings. The minimum Gasteiger partial charge on any atom is -0.466 e. The molecule has 0 spiro atoms. The molecule has 0 aliphatic carbocycles. The van der Waals surface area contributed by atoms with Crippen molar-refractivity contribution in [2.24, 2.45) is 5.92 Å². The fourth-order valence-corrected chi connectivity index (χ4v) is 5.50. The molecule has 0 aromatic carbocycles. The van der Waals surface area contributed by atoms with Gasteiger partial charge in [-0.05, 0) is 18.8 Å². The summed E-state index contributed by atoms with van der Waals surface area (Å²) in [6, 6.07) is 0. The van der Waals surface area contributed by atoms with Gasteiger partial charge < -0.3 is 4.74 Å². The van der Waals surface area contributed by atoms with Crippen LogP contribution in [-0.2, 0) is 9.53 Å². The minimum absolute atomic E-state index is 0.0245. The number of unbranched alkanes of at least 4 members (excludes halogenated alkanes) is 26. The van der Waals surface area contributed by atoms with E-state index in [4.69, 9.17) is 4.74 Å². The van der Waals surface area contributed by atoms with Gasteiger partial charge in [0, 0.05) is 6.42 Å². The predicted molar refractivity (Wildman–Crippen MR) is 170 cm³/mol. The zero-order chi connectivity index (χ0) is 27.8. The molecule has 2 heteroatoms. The van der Waals surface area contributed by atoms with Crippen LogP contribution >= 0.6 is 0 Å². The average Bonchev–Trinajstić information content (AvgIpc) is 2.90. The van der Waals surface area contributed by atoms with Gasteiger partial charge in [0.25, 0.3) is 0 Å². The van der Waals surface area contributed by atoms with Crippen molar-refractivity contribution >= 4 is 5.97 Å². The van der Waals surface area contributed by atoms with E-state index in [-0.39, 0.29) is 5.97 Å². The minimum atomic E-state index is 0.0245.